The van der Waals surface area contributed by atoms with Crippen LogP contribution in [0.5, 0.6) is 0 Å². The molecule has 0 aromatic carbocycles. The number of ether oxygens (including phenoxy) is 2. The third-order valence-electron chi connectivity index (χ3n) is 3.93. The van der Waals surface area contributed by atoms with E-state index in [2.05, 4.69) is 12.4 Å². The van der Waals surface area contributed by atoms with Crippen molar-refractivity contribution in [2.45, 2.75) is 50.7 Å². The van der Waals surface area contributed by atoms with E-state index < -0.39 is 0 Å². The molecule has 1 N–H and O–H groups in total. The highest BCUT2D eigenvalue weighted by atomic mass is 16.5. The van der Waals surface area contributed by atoms with Crippen molar-refractivity contribution >= 4 is 0 Å². The topological polar surface area (TPSA) is 30.5 Å². The van der Waals surface area contributed by atoms with E-state index in [0.29, 0.717) is 18.1 Å². The highest BCUT2D eigenvalue weighted by Crippen LogP contribution is 2.24. The Bertz CT molecular complexity index is 186. The van der Waals surface area contributed by atoms with E-state index in [-0.39, 0.29) is 0 Å². The largest absolute Gasteiger partial charge is 0.381 e. The molecule has 16 heavy (non-hydrogen) atoms. The minimum atomic E-state index is 0.480. The van der Waals surface area contributed by atoms with Crippen molar-refractivity contribution in [1.82, 2.24) is 5.32 Å². The molecule has 0 aliphatic carbocycles. The fourth-order valence-corrected chi connectivity index (χ4v) is 2.91. The summed E-state index contributed by atoms with van der Waals surface area (Å²) in [7, 11) is 2.07. The van der Waals surface area contributed by atoms with E-state index in [0.717, 1.165) is 26.2 Å². The fraction of sp³-hybridized carbons (Fsp3) is 1.00. The molecule has 0 aromatic rings. The van der Waals surface area contributed by atoms with Crippen molar-refractivity contribution in [3.05, 3.63) is 0 Å². The Morgan fingerprint density at radius 2 is 2.12 bits per heavy atom. The Labute approximate surface area is 98.9 Å². The summed E-state index contributed by atoms with van der Waals surface area (Å²) in [5, 5.41) is 3.46. The lowest BCUT2D eigenvalue weighted by molar-refractivity contribution is -0.0123. The minimum absolute atomic E-state index is 0.480. The molecule has 2 aliphatic rings. The van der Waals surface area contributed by atoms with Crippen LogP contribution in [-0.4, -0.2) is 39.0 Å². The second-order valence-corrected chi connectivity index (χ2v) is 5.10. The van der Waals surface area contributed by atoms with E-state index in [1.54, 1.807) is 0 Å². The number of hydrogen-bond donors (Lipinski definition) is 1. The van der Waals surface area contributed by atoms with E-state index in [1.807, 2.05) is 0 Å². The molecule has 2 aliphatic heterocycles. The fourth-order valence-electron chi connectivity index (χ4n) is 2.91. The van der Waals surface area contributed by atoms with Gasteiger partial charge in [0.15, 0.2) is 0 Å². The third kappa shape index (κ3) is 3.44. The van der Waals surface area contributed by atoms with Gasteiger partial charge in [0.2, 0.25) is 0 Å². The maximum atomic E-state index is 5.82. The molecule has 0 bridgehead atoms. The maximum absolute atomic E-state index is 5.82. The molecule has 3 unspecified atom stereocenters. The summed E-state index contributed by atoms with van der Waals surface area (Å²) in [6, 6.07) is 0.573. The van der Waals surface area contributed by atoms with Gasteiger partial charge in [-0.2, -0.15) is 0 Å². The van der Waals surface area contributed by atoms with Crippen LogP contribution in [0, 0.1) is 5.92 Å². The lowest BCUT2D eigenvalue weighted by atomic mass is 9.88. The third-order valence-corrected chi connectivity index (χ3v) is 3.93. The van der Waals surface area contributed by atoms with Gasteiger partial charge in [-0.15, -0.1) is 0 Å². The second kappa shape index (κ2) is 6.58. The molecule has 2 fully saturated rings. The minimum Gasteiger partial charge on any atom is -0.381 e. The molecule has 0 spiro atoms. The summed E-state index contributed by atoms with van der Waals surface area (Å²) in [5.41, 5.74) is 0. The van der Waals surface area contributed by atoms with Crippen molar-refractivity contribution in [3.63, 3.8) is 0 Å². The SMILES string of the molecule is CNC(CC1CCCCO1)C1CCCOC1. The Balaban J connectivity index is 1.78. The number of hydrogen-bond acceptors (Lipinski definition) is 3. The van der Waals surface area contributed by atoms with Gasteiger partial charge in [-0.3, -0.25) is 0 Å². The molecular formula is C13H25NO2. The van der Waals surface area contributed by atoms with Gasteiger partial charge in [-0.1, -0.05) is 0 Å². The van der Waals surface area contributed by atoms with Gasteiger partial charge in [0.1, 0.15) is 0 Å². The quantitative estimate of drug-likeness (QED) is 0.796. The van der Waals surface area contributed by atoms with E-state index in [4.69, 9.17) is 9.47 Å². The molecule has 2 rings (SSSR count). The molecule has 94 valence electrons. The van der Waals surface area contributed by atoms with Crippen LogP contribution >= 0.6 is 0 Å². The van der Waals surface area contributed by atoms with Crippen LogP contribution in [0.3, 0.4) is 0 Å². The van der Waals surface area contributed by atoms with Crippen molar-refractivity contribution in [2.75, 3.05) is 26.9 Å². The molecular weight excluding hydrogens is 202 g/mol. The smallest absolute Gasteiger partial charge is 0.0590 e. The van der Waals surface area contributed by atoms with E-state index in [9.17, 15) is 0 Å². The average molecular weight is 227 g/mol. The Kier molecular flexibility index (Phi) is 5.07. The van der Waals surface area contributed by atoms with Gasteiger partial charge >= 0.3 is 0 Å². The zero-order valence-corrected chi connectivity index (χ0v) is 10.4. The molecule has 0 aromatic heterocycles. The monoisotopic (exact) mass is 227 g/mol. The first kappa shape index (κ1) is 12.3. The predicted molar refractivity (Wildman–Crippen MR) is 64.6 cm³/mol. The van der Waals surface area contributed by atoms with Crippen LogP contribution in [0.15, 0.2) is 0 Å². The zero-order valence-electron chi connectivity index (χ0n) is 10.4. The Morgan fingerprint density at radius 1 is 1.19 bits per heavy atom. The van der Waals surface area contributed by atoms with Crippen LogP contribution in [0.1, 0.15) is 38.5 Å². The number of nitrogens with one attached hydrogen (secondary N) is 1. The van der Waals surface area contributed by atoms with Crippen molar-refractivity contribution in [1.29, 1.82) is 0 Å². The molecule has 2 saturated heterocycles. The van der Waals surface area contributed by atoms with Crippen LogP contribution in [0.2, 0.25) is 0 Å². The molecule has 3 nitrogen and oxygen atoms in total. The molecule has 0 amide bonds. The van der Waals surface area contributed by atoms with Crippen molar-refractivity contribution in [2.24, 2.45) is 5.92 Å². The summed E-state index contributed by atoms with van der Waals surface area (Å²) < 4.78 is 11.4. The zero-order chi connectivity index (χ0) is 11.2. The van der Waals surface area contributed by atoms with Gasteiger partial charge in [-0.05, 0) is 51.5 Å². The van der Waals surface area contributed by atoms with Gasteiger partial charge in [0.05, 0.1) is 12.7 Å². The van der Waals surface area contributed by atoms with Crippen LogP contribution in [0.4, 0.5) is 0 Å². The number of rotatable bonds is 4. The summed E-state index contributed by atoms with van der Waals surface area (Å²) in [6.07, 6.45) is 7.98. The van der Waals surface area contributed by atoms with Gasteiger partial charge in [-0.25, -0.2) is 0 Å². The van der Waals surface area contributed by atoms with Gasteiger partial charge < -0.3 is 14.8 Å². The molecule has 3 heteroatoms. The Morgan fingerprint density at radius 3 is 2.75 bits per heavy atom. The maximum Gasteiger partial charge on any atom is 0.0590 e. The van der Waals surface area contributed by atoms with Crippen molar-refractivity contribution in [3.8, 4) is 0 Å². The normalized spacial score (nSPS) is 33.6. The van der Waals surface area contributed by atoms with Crippen LogP contribution < -0.4 is 5.32 Å². The molecule has 2 heterocycles. The molecule has 0 radical (unpaired) electrons. The van der Waals surface area contributed by atoms with E-state index in [1.165, 1.54) is 32.1 Å². The van der Waals surface area contributed by atoms with E-state index >= 15 is 0 Å². The predicted octanol–water partition coefficient (Wildman–Crippen LogP) is 1.96. The average Bonchev–Trinajstić information content (AvgIpc) is 2.38. The first-order valence-corrected chi connectivity index (χ1v) is 6.76. The van der Waals surface area contributed by atoms with Gasteiger partial charge in [0.25, 0.3) is 0 Å². The highest BCUT2D eigenvalue weighted by molar-refractivity contribution is 4.81. The first-order chi connectivity index (χ1) is 7.90. The molecule has 3 atom stereocenters. The second-order valence-electron chi connectivity index (χ2n) is 5.10. The van der Waals surface area contributed by atoms with Gasteiger partial charge in [0, 0.05) is 19.3 Å². The van der Waals surface area contributed by atoms with Crippen LogP contribution in [-0.2, 0) is 9.47 Å². The summed E-state index contributed by atoms with van der Waals surface area (Å²) in [6.45, 7) is 2.84. The standard InChI is InChI=1S/C13H25NO2/c1-14-13(11-5-4-7-15-10-11)9-12-6-2-3-8-16-12/h11-14H,2-10H2,1H3. The molecule has 0 saturated carbocycles. The highest BCUT2D eigenvalue weighted by Gasteiger charge is 2.26. The Hall–Kier alpha value is -0.120. The summed E-state index contributed by atoms with van der Waals surface area (Å²) in [5.74, 6) is 0.685. The van der Waals surface area contributed by atoms with Crippen LogP contribution in [0.25, 0.3) is 0 Å². The lowest BCUT2D eigenvalue weighted by Crippen LogP contribution is -2.41. The van der Waals surface area contributed by atoms with Crippen molar-refractivity contribution < 1.29 is 9.47 Å². The summed E-state index contributed by atoms with van der Waals surface area (Å²) >= 11 is 0. The lowest BCUT2D eigenvalue weighted by Gasteiger charge is -2.33. The summed E-state index contributed by atoms with van der Waals surface area (Å²) in [4.78, 5) is 0. The first-order valence-electron chi connectivity index (χ1n) is 6.76.